The number of phenolic OH excluding ortho intramolecular Hbond substituents is 2. The molecule has 1 aliphatic rings. The van der Waals surface area contributed by atoms with Crippen molar-refractivity contribution in [2.75, 3.05) is 0 Å². The molecule has 2 atom stereocenters. The lowest BCUT2D eigenvalue weighted by molar-refractivity contribution is -0.125. The highest BCUT2D eigenvalue weighted by molar-refractivity contribution is 7.85. The predicted molar refractivity (Wildman–Crippen MR) is 111 cm³/mol. The number of benzene rings is 2. The Kier molecular flexibility index (Phi) is 5.72. The molecule has 0 aromatic heterocycles. The molecule has 1 unspecified atom stereocenters. The van der Waals surface area contributed by atoms with E-state index >= 15 is 0 Å². The van der Waals surface area contributed by atoms with E-state index in [1.54, 1.807) is 45.0 Å². The third-order valence-corrected chi connectivity index (χ3v) is 5.90. The first-order valence-electron chi connectivity index (χ1n) is 9.27. The van der Waals surface area contributed by atoms with Crippen molar-refractivity contribution in [2.24, 2.45) is 0 Å². The van der Waals surface area contributed by atoms with Crippen molar-refractivity contribution in [3.8, 4) is 11.5 Å². The lowest BCUT2D eigenvalue weighted by atomic mass is 10.0. The molecule has 2 aromatic rings. The summed E-state index contributed by atoms with van der Waals surface area (Å²) >= 11 is 0. The molecule has 8 heteroatoms. The standard InChI is InChI=1S/C22H23NO6S/c1-13-5-7-14(8-6-13)30(28)20-17(25)11-10-16(24)19(20)15-9-12-18(26)23(15)21(27)29-22(2,3)4/h5-12,15,24-25H,1-4H3/t15-,30?/m0/s1. The van der Waals surface area contributed by atoms with Crippen molar-refractivity contribution in [1.82, 2.24) is 4.90 Å². The lowest BCUT2D eigenvalue weighted by Gasteiger charge is -2.28. The Morgan fingerprint density at radius 1 is 1.07 bits per heavy atom. The van der Waals surface area contributed by atoms with Gasteiger partial charge in [0.05, 0.1) is 21.7 Å². The van der Waals surface area contributed by atoms with Crippen LogP contribution in [0.1, 0.15) is 37.9 Å². The van der Waals surface area contributed by atoms with Gasteiger partial charge in [-0.25, -0.2) is 13.9 Å². The molecule has 1 aliphatic heterocycles. The van der Waals surface area contributed by atoms with Crippen molar-refractivity contribution >= 4 is 22.8 Å². The summed E-state index contributed by atoms with van der Waals surface area (Å²) in [5.74, 6) is -1.26. The maximum atomic E-state index is 13.3. The van der Waals surface area contributed by atoms with E-state index in [2.05, 4.69) is 0 Å². The molecule has 0 fully saturated rings. The van der Waals surface area contributed by atoms with Crippen molar-refractivity contribution in [1.29, 1.82) is 0 Å². The molecule has 0 aliphatic carbocycles. The number of aryl methyl sites for hydroxylation is 1. The first-order valence-corrected chi connectivity index (χ1v) is 10.4. The lowest BCUT2D eigenvalue weighted by Crippen LogP contribution is -2.39. The number of carbonyl (C=O) groups is 2. The van der Waals surface area contributed by atoms with E-state index in [0.29, 0.717) is 4.90 Å². The van der Waals surface area contributed by atoms with Gasteiger partial charge in [-0.3, -0.25) is 4.79 Å². The van der Waals surface area contributed by atoms with E-state index < -0.39 is 34.4 Å². The summed E-state index contributed by atoms with van der Waals surface area (Å²) in [4.78, 5) is 26.2. The molecule has 158 valence electrons. The molecule has 0 saturated carbocycles. The number of imide groups is 1. The molecule has 0 spiro atoms. The van der Waals surface area contributed by atoms with E-state index in [9.17, 15) is 24.0 Å². The fourth-order valence-electron chi connectivity index (χ4n) is 3.05. The number of hydrogen-bond donors (Lipinski definition) is 2. The van der Waals surface area contributed by atoms with Gasteiger partial charge in [0.25, 0.3) is 5.91 Å². The molecule has 7 nitrogen and oxygen atoms in total. The smallest absolute Gasteiger partial charge is 0.418 e. The minimum absolute atomic E-state index is 0.00173. The topological polar surface area (TPSA) is 104 Å². The number of rotatable bonds is 3. The molecule has 3 rings (SSSR count). The van der Waals surface area contributed by atoms with Gasteiger partial charge in [-0.1, -0.05) is 23.8 Å². The Balaban J connectivity index is 2.11. The molecule has 1 heterocycles. The van der Waals surface area contributed by atoms with Gasteiger partial charge < -0.3 is 14.9 Å². The predicted octanol–water partition coefficient (Wildman–Crippen LogP) is 3.95. The van der Waals surface area contributed by atoms with Crippen LogP contribution in [0.3, 0.4) is 0 Å². The van der Waals surface area contributed by atoms with Gasteiger partial charge in [0.1, 0.15) is 17.1 Å². The van der Waals surface area contributed by atoms with Crippen LogP contribution in [0.15, 0.2) is 58.3 Å². The number of carbonyl (C=O) groups excluding carboxylic acids is 2. The van der Waals surface area contributed by atoms with E-state index in [4.69, 9.17) is 4.74 Å². The van der Waals surface area contributed by atoms with Crippen molar-refractivity contribution in [3.63, 3.8) is 0 Å². The van der Waals surface area contributed by atoms with E-state index in [1.807, 2.05) is 6.92 Å². The first kappa shape index (κ1) is 21.6. The zero-order valence-corrected chi connectivity index (χ0v) is 17.9. The molecule has 0 radical (unpaired) electrons. The molecular formula is C22H23NO6S. The fourth-order valence-corrected chi connectivity index (χ4v) is 4.36. The maximum Gasteiger partial charge on any atom is 0.418 e. The van der Waals surface area contributed by atoms with Gasteiger partial charge in [-0.15, -0.1) is 0 Å². The summed E-state index contributed by atoms with van der Waals surface area (Å²) in [6.45, 7) is 6.88. The zero-order chi connectivity index (χ0) is 22.2. The number of nitrogens with zero attached hydrogens (tertiary/aromatic N) is 1. The Morgan fingerprint density at radius 2 is 1.67 bits per heavy atom. The summed E-state index contributed by atoms with van der Waals surface area (Å²) in [5.41, 5.74) is 0.122. The number of hydrogen-bond acceptors (Lipinski definition) is 6. The highest BCUT2D eigenvalue weighted by atomic mass is 32.2. The maximum absolute atomic E-state index is 13.3. The minimum atomic E-state index is -1.88. The van der Waals surface area contributed by atoms with Gasteiger partial charge in [0, 0.05) is 16.5 Å². The minimum Gasteiger partial charge on any atom is -0.508 e. The van der Waals surface area contributed by atoms with E-state index in [1.165, 1.54) is 24.3 Å². The van der Waals surface area contributed by atoms with Crippen molar-refractivity contribution in [2.45, 2.75) is 49.1 Å². The third kappa shape index (κ3) is 4.23. The number of phenols is 2. The van der Waals surface area contributed by atoms with Crippen LogP contribution in [0.4, 0.5) is 4.79 Å². The number of ether oxygens (including phenoxy) is 1. The van der Waals surface area contributed by atoms with Crippen molar-refractivity contribution in [3.05, 3.63) is 59.7 Å². The largest absolute Gasteiger partial charge is 0.508 e. The fraction of sp³-hybridized carbons (Fsp3) is 0.273. The van der Waals surface area contributed by atoms with Gasteiger partial charge in [-0.2, -0.15) is 0 Å². The van der Waals surface area contributed by atoms with Crippen LogP contribution >= 0.6 is 0 Å². The number of aromatic hydroxyl groups is 2. The summed E-state index contributed by atoms with van der Waals surface area (Å²) < 4.78 is 18.6. The van der Waals surface area contributed by atoms with Gasteiger partial charge in [0.15, 0.2) is 0 Å². The SMILES string of the molecule is Cc1ccc(S(=O)c2c(O)ccc(O)c2[C@@H]2C=CC(=O)N2C(=O)OC(C)(C)C)cc1. The van der Waals surface area contributed by atoms with Crippen LogP contribution < -0.4 is 0 Å². The van der Waals surface area contributed by atoms with Crippen LogP contribution in [0.25, 0.3) is 0 Å². The van der Waals surface area contributed by atoms with Crippen LogP contribution in [-0.4, -0.2) is 36.9 Å². The van der Waals surface area contributed by atoms with E-state index in [-0.39, 0.29) is 22.0 Å². The van der Waals surface area contributed by atoms with Gasteiger partial charge in [0.2, 0.25) is 0 Å². The highest BCUT2D eigenvalue weighted by Gasteiger charge is 2.39. The summed E-state index contributed by atoms with van der Waals surface area (Å²) in [6.07, 6.45) is 1.67. The Bertz CT molecular complexity index is 1050. The molecule has 2 N–H and O–H groups in total. The van der Waals surface area contributed by atoms with Crippen LogP contribution in [0.5, 0.6) is 11.5 Å². The second-order valence-corrected chi connectivity index (χ2v) is 9.34. The molecule has 30 heavy (non-hydrogen) atoms. The molecule has 0 bridgehead atoms. The average Bonchev–Trinajstić information content (AvgIpc) is 3.03. The van der Waals surface area contributed by atoms with E-state index in [0.717, 1.165) is 10.5 Å². The Hall–Kier alpha value is -3.13. The molecule has 2 aromatic carbocycles. The number of amides is 2. The molecular weight excluding hydrogens is 406 g/mol. The van der Waals surface area contributed by atoms with Crippen LogP contribution in [0.2, 0.25) is 0 Å². The third-order valence-electron chi connectivity index (χ3n) is 4.40. The molecule has 0 saturated heterocycles. The highest BCUT2D eigenvalue weighted by Crippen LogP contribution is 2.42. The second kappa shape index (κ2) is 7.95. The Labute approximate surface area is 177 Å². The Morgan fingerprint density at radius 3 is 2.27 bits per heavy atom. The van der Waals surface area contributed by atoms with Gasteiger partial charge in [-0.05, 0) is 52.0 Å². The van der Waals surface area contributed by atoms with Crippen LogP contribution in [0, 0.1) is 6.92 Å². The zero-order valence-electron chi connectivity index (χ0n) is 17.1. The first-order chi connectivity index (χ1) is 14.0. The molecule has 2 amide bonds. The average molecular weight is 429 g/mol. The van der Waals surface area contributed by atoms with Gasteiger partial charge >= 0.3 is 6.09 Å². The summed E-state index contributed by atoms with van der Waals surface area (Å²) in [5, 5.41) is 21.1. The van der Waals surface area contributed by atoms with Crippen molar-refractivity contribution < 1.29 is 28.7 Å². The summed E-state index contributed by atoms with van der Waals surface area (Å²) in [7, 11) is -1.88. The normalized spacial score (nSPS) is 17.3. The quantitative estimate of drug-likeness (QED) is 0.716. The van der Waals surface area contributed by atoms with Crippen LogP contribution in [-0.2, 0) is 20.3 Å². The second-order valence-electron chi connectivity index (χ2n) is 7.92. The monoisotopic (exact) mass is 429 g/mol. The summed E-state index contributed by atoms with van der Waals surface area (Å²) in [6, 6.07) is 8.23.